The van der Waals surface area contributed by atoms with Crippen LogP contribution >= 0.6 is 0 Å². The first-order chi connectivity index (χ1) is 62.6. The highest BCUT2D eigenvalue weighted by molar-refractivity contribution is 5.79. The lowest BCUT2D eigenvalue weighted by Gasteiger charge is -2.43. The number of amides is 4. The molecule has 4 fully saturated rings. The Bertz CT molecular complexity index is 2980. The summed E-state index contributed by atoms with van der Waals surface area (Å²) in [4.78, 5) is 110. The molecule has 1 aromatic carbocycles. The number of alkyl carbamates (subject to hydrolysis) is 1. The van der Waals surface area contributed by atoms with Crippen molar-refractivity contribution in [2.45, 2.75) is 248 Å². The third-order valence-electron chi connectivity index (χ3n) is 24.3. The molecule has 15 atom stereocenters. The Kier molecular flexibility index (Phi) is 62.8. The summed E-state index contributed by atoms with van der Waals surface area (Å²) in [5, 5.41) is 20.2. The molecule has 36 nitrogen and oxygen atoms in total. The molecule has 1 saturated carbocycles. The number of ketones is 1. The first-order valence-corrected chi connectivity index (χ1v) is 47.5. The maximum Gasteiger partial charge on any atom is 0.407 e. The van der Waals surface area contributed by atoms with Crippen molar-refractivity contribution in [1.29, 1.82) is 0 Å². The van der Waals surface area contributed by atoms with Crippen molar-refractivity contribution in [3.05, 3.63) is 35.9 Å². The molecule has 15 unspecified atom stereocenters. The Labute approximate surface area is 772 Å². The molecule has 130 heavy (non-hydrogen) atoms. The zero-order valence-electron chi connectivity index (χ0n) is 80.2. The van der Waals surface area contributed by atoms with E-state index in [0.717, 1.165) is 69.8 Å². The van der Waals surface area contributed by atoms with Crippen LogP contribution in [0, 0.1) is 58.7 Å². The van der Waals surface area contributed by atoms with Gasteiger partial charge in [0.15, 0.2) is 24.7 Å². The Balaban J connectivity index is 0.00000132. The normalized spacial score (nSPS) is 23.4. The van der Waals surface area contributed by atoms with Gasteiger partial charge in [0.2, 0.25) is 17.7 Å². The smallest absolute Gasteiger partial charge is 0.407 e. The van der Waals surface area contributed by atoms with Gasteiger partial charge in [-0.05, 0) is 66.8 Å². The van der Waals surface area contributed by atoms with Gasteiger partial charge in [-0.15, -0.1) is 0 Å². The predicted octanol–water partition coefficient (Wildman–Crippen LogP) is 9.40. The maximum absolute atomic E-state index is 14.0. The van der Waals surface area contributed by atoms with E-state index in [1.54, 1.807) is 0 Å². The van der Waals surface area contributed by atoms with Gasteiger partial charge in [0.05, 0.1) is 170 Å². The van der Waals surface area contributed by atoms with Crippen LogP contribution in [-0.4, -0.2) is 306 Å². The van der Waals surface area contributed by atoms with Crippen molar-refractivity contribution in [3.63, 3.8) is 0 Å². The van der Waals surface area contributed by atoms with Crippen molar-refractivity contribution in [1.82, 2.24) is 21.3 Å². The fourth-order valence-electron chi connectivity index (χ4n) is 15.3. The van der Waals surface area contributed by atoms with E-state index in [1.807, 2.05) is 30.3 Å². The van der Waals surface area contributed by atoms with Gasteiger partial charge in [-0.3, -0.25) is 38.4 Å². The number of rotatable bonds is 73. The van der Waals surface area contributed by atoms with Crippen molar-refractivity contribution >= 4 is 53.5 Å². The number of nitrogens with two attached hydrogens (primary N) is 1. The highest BCUT2D eigenvalue weighted by Gasteiger charge is 2.44. The van der Waals surface area contributed by atoms with Crippen LogP contribution in [0.15, 0.2) is 30.3 Å². The average Bonchev–Trinajstić information content (AvgIpc) is 1.30. The van der Waals surface area contributed by atoms with Gasteiger partial charge >= 0.3 is 30.0 Å². The number of hydrogen-bond donors (Lipinski definition) is 6. The summed E-state index contributed by atoms with van der Waals surface area (Å²) in [7, 11) is 0. The van der Waals surface area contributed by atoms with Crippen LogP contribution in [-0.2, 0) is 144 Å². The highest BCUT2D eigenvalue weighted by Crippen LogP contribution is 2.39. The van der Waals surface area contributed by atoms with Gasteiger partial charge in [0.1, 0.15) is 32.2 Å². The second kappa shape index (κ2) is 70.4. The minimum Gasteiger partial charge on any atom is -0.481 e. The maximum atomic E-state index is 14.0. The van der Waals surface area contributed by atoms with Gasteiger partial charge in [-0.1, -0.05) is 131 Å². The second-order valence-electron chi connectivity index (χ2n) is 34.5. The van der Waals surface area contributed by atoms with E-state index in [1.165, 1.54) is 20.8 Å². The van der Waals surface area contributed by atoms with E-state index < -0.39 is 42.1 Å². The largest absolute Gasteiger partial charge is 0.481 e. The van der Waals surface area contributed by atoms with E-state index >= 15 is 0 Å². The zero-order chi connectivity index (χ0) is 95.0. The first-order valence-electron chi connectivity index (χ1n) is 47.5. The summed E-state index contributed by atoms with van der Waals surface area (Å²) in [6.07, 6.45) is 8.69. The summed E-state index contributed by atoms with van der Waals surface area (Å²) in [5.41, 5.74) is 5.38. The molecule has 0 spiro atoms. The minimum absolute atomic E-state index is 0.00196. The number of ether oxygens (including phenoxy) is 21. The first kappa shape index (κ1) is 116. The number of esters is 3. The van der Waals surface area contributed by atoms with Crippen LogP contribution < -0.4 is 27.0 Å². The summed E-state index contributed by atoms with van der Waals surface area (Å²) in [6, 6.07) is 9.57. The van der Waals surface area contributed by atoms with Crippen molar-refractivity contribution in [2.75, 3.05) is 205 Å². The molecular formula is C94H163N5O31. The van der Waals surface area contributed by atoms with Crippen LogP contribution in [0.3, 0.4) is 0 Å². The number of Topliss-reactive ketones (excluding diaryl/α,β-unsaturated/α-hetero) is 1. The Morgan fingerprint density at radius 3 is 1.08 bits per heavy atom. The molecule has 4 aliphatic rings. The molecule has 36 heteroatoms. The number of aliphatic carboxylic acids is 1. The summed E-state index contributed by atoms with van der Waals surface area (Å²) >= 11 is 0. The lowest BCUT2D eigenvalue weighted by Crippen LogP contribution is -2.48. The molecule has 7 N–H and O–H groups in total. The Morgan fingerprint density at radius 1 is 0.385 bits per heavy atom. The number of carbonyl (C=O) groups is 9. The van der Waals surface area contributed by atoms with E-state index in [9.17, 15) is 43.2 Å². The molecule has 1 aromatic rings. The number of unbranched alkanes of at least 4 members (excludes halogenated alkanes) is 7. The minimum atomic E-state index is -1.07. The summed E-state index contributed by atoms with van der Waals surface area (Å²) < 4.78 is 122. The molecule has 3 saturated heterocycles. The molecule has 0 aromatic heterocycles. The van der Waals surface area contributed by atoms with Gasteiger partial charge in [-0.25, -0.2) is 4.79 Å². The molecule has 1 aliphatic carbocycles. The van der Waals surface area contributed by atoms with Crippen molar-refractivity contribution < 1.29 is 148 Å². The van der Waals surface area contributed by atoms with Crippen molar-refractivity contribution in [2.24, 2.45) is 64.4 Å². The van der Waals surface area contributed by atoms with Crippen LogP contribution in [0.2, 0.25) is 0 Å². The SMILES string of the molecule is CC(=O)OCC1OC(OCCOCCOCCNC(=O)CCOCC(COCCC(=O)NCCOCCOCCOC2OC(COC(C)=O)C(C)C(C)C2C)(COCCC(=O)NCCOCCOCCOC2OC(COC(C)=O)C(C)C(C)C2C)CC(=O)CCCCCCCCCCC(=O)O)C(C)C(C)C1C.NCCOC1(OCCNC(=O)OCc2ccccc2)CCCC1. The third-order valence-corrected chi connectivity index (χ3v) is 24.3. The van der Waals surface area contributed by atoms with Gasteiger partial charge in [-0.2, -0.15) is 0 Å². The van der Waals surface area contributed by atoms with Gasteiger partial charge in [0.25, 0.3) is 0 Å². The lowest BCUT2D eigenvalue weighted by molar-refractivity contribution is -0.258. The van der Waals surface area contributed by atoms with Crippen LogP contribution in [0.5, 0.6) is 0 Å². The third kappa shape index (κ3) is 52.0. The molecule has 5 rings (SSSR count). The number of carboxylic acid groups (broad SMARTS) is 1. The number of carbonyl (C=O) groups excluding carboxylic acids is 8. The van der Waals surface area contributed by atoms with E-state index in [-0.39, 0.29) is 233 Å². The Morgan fingerprint density at radius 2 is 0.723 bits per heavy atom. The number of carboxylic acids is 1. The average molecular weight is 1860 g/mol. The number of nitrogens with one attached hydrogen (secondary N) is 4. The van der Waals surface area contributed by atoms with Gasteiger partial charge in [0, 0.05) is 128 Å². The molecular weight excluding hydrogens is 1700 g/mol. The molecule has 0 radical (unpaired) electrons. The fraction of sp³-hybridized carbons (Fsp3) is 0.840. The second-order valence-corrected chi connectivity index (χ2v) is 34.5. The predicted molar refractivity (Wildman–Crippen MR) is 479 cm³/mol. The molecule has 0 bridgehead atoms. The van der Waals surface area contributed by atoms with Crippen molar-refractivity contribution in [3.8, 4) is 0 Å². The van der Waals surface area contributed by atoms with Crippen LogP contribution in [0.4, 0.5) is 4.79 Å². The lowest BCUT2D eigenvalue weighted by atomic mass is 9.79. The number of hydrogen-bond acceptors (Lipinski definition) is 31. The summed E-state index contributed by atoms with van der Waals surface area (Å²) in [6.45, 7) is 30.6. The molecule has 3 heterocycles. The van der Waals surface area contributed by atoms with E-state index in [4.69, 9.17) is 110 Å². The molecule has 3 aliphatic heterocycles. The standard InChI is InChI=1S/C77H137N3O27.C17H26N2O4/c1-54-57(4)67(48-102-63(10)81)105-74(60(54)7)99-44-41-93-38-35-90-32-26-78-70(85)23-29-96-51-77(47-66(84)21-19-17-15-13-14-16-18-20-22-73(88)89,52-97-30-24-71(86)79-27-33-91-36-39-94-42-45-100-75-61(8)55(2)58(5)68(106-75)49-103-64(11)82)53-98-31-25-72(87)80-28-34-92-37-40-95-43-46-101-76-62(9)56(3)59(6)69(107-76)50-104-65(12)83;18-10-12-22-17(8-4-5-9-17)23-13-11-19-16(20)21-14-15-6-2-1-3-7-15/h54-62,67-69,74-76H,13-53H2,1-12H3,(H,78,85)(H,79,86)(H,80,87)(H,88,89);1-3,6-7H,4-5,8-14,18H2,(H,19,20). The van der Waals surface area contributed by atoms with Crippen LogP contribution in [0.1, 0.15) is 204 Å². The highest BCUT2D eigenvalue weighted by atomic mass is 16.7. The monoisotopic (exact) mass is 1860 g/mol. The van der Waals surface area contributed by atoms with Gasteiger partial charge < -0.3 is 132 Å². The topological polar surface area (TPSA) is 442 Å². The quantitative estimate of drug-likeness (QED) is 0.0153. The fourth-order valence-corrected chi connectivity index (χ4v) is 15.3. The van der Waals surface area contributed by atoms with E-state index in [2.05, 4.69) is 83.6 Å². The summed E-state index contributed by atoms with van der Waals surface area (Å²) in [5.74, 6) is -1.39. The van der Waals surface area contributed by atoms with E-state index in [0.29, 0.717) is 143 Å². The zero-order valence-corrected chi connectivity index (χ0v) is 80.2. The van der Waals surface area contributed by atoms with Crippen LogP contribution in [0.25, 0.3) is 0 Å². The molecule has 4 amide bonds. The molecule has 750 valence electrons. The Hall–Kier alpha value is -6.27. The number of benzene rings is 1.